The van der Waals surface area contributed by atoms with Crippen molar-refractivity contribution in [1.29, 1.82) is 0 Å². The van der Waals surface area contributed by atoms with Crippen LogP contribution in [-0.2, 0) is 9.59 Å². The van der Waals surface area contributed by atoms with Crippen molar-refractivity contribution < 1.29 is 19.4 Å². The molecule has 1 atom stereocenters. The summed E-state index contributed by atoms with van der Waals surface area (Å²) in [6, 6.07) is 7.01. The van der Waals surface area contributed by atoms with E-state index in [0.29, 0.717) is 33.9 Å². The second kappa shape index (κ2) is 9.90. The molecule has 1 saturated heterocycles. The van der Waals surface area contributed by atoms with Crippen LogP contribution in [0.25, 0.3) is 6.08 Å². The fourth-order valence-corrected chi connectivity index (χ4v) is 4.48. The van der Waals surface area contributed by atoms with Gasteiger partial charge in [0.05, 0.1) is 10.6 Å². The highest BCUT2D eigenvalue weighted by Gasteiger charge is 2.33. The number of rotatable bonds is 8. The van der Waals surface area contributed by atoms with Crippen LogP contribution in [0.1, 0.15) is 37.9 Å². The lowest BCUT2D eigenvalue weighted by Crippen LogP contribution is -2.29. The highest BCUT2D eigenvalue weighted by Crippen LogP contribution is 2.35. The molecule has 9 heteroatoms. The zero-order chi connectivity index (χ0) is 21.7. The van der Waals surface area contributed by atoms with Crippen LogP contribution >= 0.6 is 23.1 Å². The number of hydrogen-bond acceptors (Lipinski definition) is 7. The predicted molar refractivity (Wildman–Crippen MR) is 120 cm³/mol. The molecule has 158 valence electrons. The maximum absolute atomic E-state index is 12.9. The molecule has 1 fully saturated rings. The molecule has 1 aromatic heterocycles. The van der Waals surface area contributed by atoms with Crippen LogP contribution in [0.15, 0.2) is 39.5 Å². The Morgan fingerprint density at radius 3 is 2.63 bits per heavy atom. The quantitative estimate of drug-likeness (QED) is 0.592. The molecule has 7 nitrogen and oxygen atoms in total. The molecule has 1 unspecified atom stereocenters. The lowest BCUT2D eigenvalue weighted by Gasteiger charge is -2.13. The molecule has 1 aromatic carbocycles. The van der Waals surface area contributed by atoms with Gasteiger partial charge in [0.25, 0.3) is 5.91 Å². The largest absolute Gasteiger partial charge is 0.479 e. The van der Waals surface area contributed by atoms with Crippen LogP contribution in [0.4, 0.5) is 5.13 Å². The summed E-state index contributed by atoms with van der Waals surface area (Å²) in [5.74, 6) is -0.591. The number of amidine groups is 1. The van der Waals surface area contributed by atoms with Gasteiger partial charge in [-0.15, -0.1) is 11.3 Å². The van der Waals surface area contributed by atoms with Crippen molar-refractivity contribution in [1.82, 2.24) is 9.88 Å². The van der Waals surface area contributed by atoms with Gasteiger partial charge in [-0.25, -0.2) is 9.78 Å². The highest BCUT2D eigenvalue weighted by molar-refractivity contribution is 8.18. The third-order valence-corrected chi connectivity index (χ3v) is 6.09. The number of carbonyl (C=O) groups is 2. The number of aryl methyl sites for hydroxylation is 1. The van der Waals surface area contributed by atoms with E-state index in [1.807, 2.05) is 25.3 Å². The second-order valence-corrected chi connectivity index (χ2v) is 8.50. The maximum atomic E-state index is 12.9. The first kappa shape index (κ1) is 22.0. The Balaban J connectivity index is 1.80. The molecule has 0 spiro atoms. The highest BCUT2D eigenvalue weighted by atomic mass is 32.2. The first-order valence-corrected chi connectivity index (χ1v) is 11.3. The van der Waals surface area contributed by atoms with E-state index < -0.39 is 12.1 Å². The smallest absolute Gasteiger partial charge is 0.344 e. The third-order valence-electron chi connectivity index (χ3n) is 4.24. The summed E-state index contributed by atoms with van der Waals surface area (Å²) >= 11 is 2.78. The number of aliphatic imine (C=N–C) groups is 1. The Hall–Kier alpha value is -2.65. The number of carboxylic acid groups (broad SMARTS) is 1. The molecular weight excluding hydrogens is 422 g/mol. The number of carbonyl (C=O) groups excluding carboxylic acids is 1. The van der Waals surface area contributed by atoms with Crippen molar-refractivity contribution in [2.75, 3.05) is 6.54 Å². The van der Waals surface area contributed by atoms with E-state index in [1.165, 1.54) is 23.1 Å². The van der Waals surface area contributed by atoms with E-state index in [1.54, 1.807) is 36.1 Å². The molecule has 1 amide bonds. The topological polar surface area (TPSA) is 92.1 Å². The van der Waals surface area contributed by atoms with Crippen LogP contribution in [0.2, 0.25) is 0 Å². The number of benzene rings is 1. The van der Waals surface area contributed by atoms with E-state index in [-0.39, 0.29) is 5.91 Å². The van der Waals surface area contributed by atoms with E-state index in [9.17, 15) is 9.59 Å². The third kappa shape index (κ3) is 5.28. The van der Waals surface area contributed by atoms with E-state index in [4.69, 9.17) is 9.84 Å². The van der Waals surface area contributed by atoms with Gasteiger partial charge in [-0.2, -0.15) is 4.99 Å². The SMILES string of the molecule is CCCN1C(=O)/C(=C\c2ccc(OC(CC)C(=O)O)cc2)S/C1=N/c1nc(C)cs1. The minimum absolute atomic E-state index is 0.0777. The number of ether oxygens (including phenoxy) is 1. The minimum Gasteiger partial charge on any atom is -0.479 e. The number of aliphatic carboxylic acids is 1. The number of carboxylic acids is 1. The molecule has 0 aliphatic carbocycles. The number of thiazole rings is 1. The van der Waals surface area contributed by atoms with E-state index in [2.05, 4.69) is 9.98 Å². The van der Waals surface area contributed by atoms with Crippen molar-refractivity contribution in [3.05, 3.63) is 45.8 Å². The number of aromatic nitrogens is 1. The average molecular weight is 446 g/mol. The monoisotopic (exact) mass is 445 g/mol. The van der Waals surface area contributed by atoms with Crippen molar-refractivity contribution in [2.45, 2.75) is 39.7 Å². The van der Waals surface area contributed by atoms with Gasteiger partial charge in [0.15, 0.2) is 11.3 Å². The summed E-state index contributed by atoms with van der Waals surface area (Å²) in [6.45, 7) is 6.28. The van der Waals surface area contributed by atoms with Gasteiger partial charge < -0.3 is 9.84 Å². The minimum atomic E-state index is -0.991. The fraction of sp³-hybridized carbons (Fsp3) is 0.333. The summed E-state index contributed by atoms with van der Waals surface area (Å²) in [6.07, 6.45) is 2.13. The van der Waals surface area contributed by atoms with Gasteiger partial charge in [-0.1, -0.05) is 26.0 Å². The molecule has 30 heavy (non-hydrogen) atoms. The number of nitrogens with zero attached hydrogens (tertiary/aromatic N) is 3. The Morgan fingerprint density at radius 1 is 1.33 bits per heavy atom. The molecular formula is C21H23N3O4S2. The van der Waals surface area contributed by atoms with Crippen LogP contribution in [0.3, 0.4) is 0 Å². The Kier molecular flexibility index (Phi) is 7.28. The van der Waals surface area contributed by atoms with Crippen molar-refractivity contribution in [3.8, 4) is 5.75 Å². The Bertz CT molecular complexity index is 982. The number of amides is 1. The molecule has 1 aliphatic heterocycles. The van der Waals surface area contributed by atoms with Crippen LogP contribution in [-0.4, -0.2) is 44.7 Å². The standard InChI is InChI=1S/C21H23N3O4S2/c1-4-10-24-18(25)17(30-21(24)23-20-22-13(3)12-29-20)11-14-6-8-15(9-7-14)28-16(5-2)19(26)27/h6-9,11-12,16H,4-5,10H2,1-3H3,(H,26,27)/b17-11+,23-21+. The summed E-state index contributed by atoms with van der Waals surface area (Å²) < 4.78 is 5.48. The molecule has 1 N–H and O–H groups in total. The zero-order valence-corrected chi connectivity index (χ0v) is 18.6. The maximum Gasteiger partial charge on any atom is 0.344 e. The molecule has 0 bridgehead atoms. The summed E-state index contributed by atoms with van der Waals surface area (Å²) in [4.78, 5) is 35.2. The molecule has 2 aromatic rings. The lowest BCUT2D eigenvalue weighted by molar-refractivity contribution is -0.145. The van der Waals surface area contributed by atoms with Gasteiger partial charge in [-0.3, -0.25) is 9.69 Å². The van der Waals surface area contributed by atoms with E-state index >= 15 is 0 Å². The van der Waals surface area contributed by atoms with Crippen molar-refractivity contribution in [3.63, 3.8) is 0 Å². The molecule has 3 rings (SSSR count). The predicted octanol–water partition coefficient (Wildman–Crippen LogP) is 4.71. The summed E-state index contributed by atoms with van der Waals surface area (Å²) in [7, 11) is 0. The van der Waals surface area contributed by atoms with Crippen LogP contribution in [0, 0.1) is 6.92 Å². The van der Waals surface area contributed by atoms with Gasteiger partial charge in [0, 0.05) is 11.9 Å². The molecule has 1 aliphatic rings. The molecule has 2 heterocycles. The second-order valence-electron chi connectivity index (χ2n) is 6.66. The normalized spacial score (nSPS) is 17.7. The number of thioether (sulfide) groups is 1. The first-order valence-electron chi connectivity index (χ1n) is 9.63. The van der Waals surface area contributed by atoms with Crippen molar-refractivity contribution in [2.24, 2.45) is 4.99 Å². The zero-order valence-electron chi connectivity index (χ0n) is 17.0. The Morgan fingerprint density at radius 2 is 2.07 bits per heavy atom. The van der Waals surface area contributed by atoms with Gasteiger partial charge in [0.1, 0.15) is 5.75 Å². The average Bonchev–Trinajstić information content (AvgIpc) is 3.25. The first-order chi connectivity index (χ1) is 14.4. The van der Waals surface area contributed by atoms with Gasteiger partial charge in [-0.05, 0) is 55.3 Å². The van der Waals surface area contributed by atoms with Gasteiger partial charge >= 0.3 is 5.97 Å². The van der Waals surface area contributed by atoms with Crippen molar-refractivity contribution >= 4 is 51.4 Å². The van der Waals surface area contributed by atoms with Gasteiger partial charge in [0.2, 0.25) is 5.13 Å². The fourth-order valence-electron chi connectivity index (χ4n) is 2.75. The van der Waals surface area contributed by atoms with E-state index in [0.717, 1.165) is 17.7 Å². The molecule has 0 radical (unpaired) electrons. The molecule has 0 saturated carbocycles. The number of hydrogen-bond donors (Lipinski definition) is 1. The lowest BCUT2D eigenvalue weighted by atomic mass is 10.2. The summed E-state index contributed by atoms with van der Waals surface area (Å²) in [5, 5.41) is 12.3. The summed E-state index contributed by atoms with van der Waals surface area (Å²) in [5.41, 5.74) is 1.73. The van der Waals surface area contributed by atoms with Crippen LogP contribution < -0.4 is 4.74 Å². The van der Waals surface area contributed by atoms with Crippen LogP contribution in [0.5, 0.6) is 5.75 Å². The Labute approximate surface area is 183 Å².